The monoisotopic (exact) mass is 319 g/mol. The van der Waals surface area contributed by atoms with Gasteiger partial charge in [-0.05, 0) is 42.8 Å². The van der Waals surface area contributed by atoms with Crippen molar-refractivity contribution < 1.29 is 9.53 Å². The minimum absolute atomic E-state index is 0.241. The second kappa shape index (κ2) is 7.37. The van der Waals surface area contributed by atoms with Crippen molar-refractivity contribution in [2.75, 3.05) is 5.32 Å². The van der Waals surface area contributed by atoms with Gasteiger partial charge in [-0.3, -0.25) is 9.78 Å². The first-order chi connectivity index (χ1) is 11.7. The molecule has 0 spiro atoms. The summed E-state index contributed by atoms with van der Waals surface area (Å²) in [5.41, 5.74) is 2.27. The number of benzene rings is 1. The van der Waals surface area contributed by atoms with E-state index < -0.39 is 0 Å². The SMILES string of the molecule is Cc1ccc(NC(=O)c2ccc(COc3ccccc3)nc2)nc1. The summed E-state index contributed by atoms with van der Waals surface area (Å²) in [4.78, 5) is 20.6. The van der Waals surface area contributed by atoms with Crippen LogP contribution in [0.2, 0.25) is 0 Å². The number of hydrogen-bond acceptors (Lipinski definition) is 4. The summed E-state index contributed by atoms with van der Waals surface area (Å²) in [6.07, 6.45) is 3.24. The molecule has 0 unspecified atom stereocenters. The lowest BCUT2D eigenvalue weighted by molar-refractivity contribution is 0.102. The first kappa shape index (κ1) is 15.7. The number of aromatic nitrogens is 2. The van der Waals surface area contributed by atoms with Gasteiger partial charge in [-0.25, -0.2) is 4.98 Å². The zero-order valence-electron chi connectivity index (χ0n) is 13.3. The van der Waals surface area contributed by atoms with Gasteiger partial charge in [0.15, 0.2) is 0 Å². The molecule has 0 aliphatic heterocycles. The van der Waals surface area contributed by atoms with E-state index in [2.05, 4.69) is 15.3 Å². The van der Waals surface area contributed by atoms with Crippen LogP contribution in [0.1, 0.15) is 21.6 Å². The molecule has 120 valence electrons. The molecule has 2 aromatic heterocycles. The van der Waals surface area contributed by atoms with Crippen molar-refractivity contribution >= 4 is 11.7 Å². The van der Waals surface area contributed by atoms with Gasteiger partial charge in [-0.15, -0.1) is 0 Å². The lowest BCUT2D eigenvalue weighted by atomic mass is 10.2. The summed E-state index contributed by atoms with van der Waals surface area (Å²) < 4.78 is 5.63. The molecule has 0 saturated carbocycles. The van der Waals surface area contributed by atoms with E-state index >= 15 is 0 Å². The minimum atomic E-state index is -0.241. The number of para-hydroxylation sites is 1. The van der Waals surface area contributed by atoms with Crippen LogP contribution in [0.25, 0.3) is 0 Å². The highest BCUT2D eigenvalue weighted by Crippen LogP contribution is 2.11. The normalized spacial score (nSPS) is 10.2. The Morgan fingerprint density at radius 2 is 1.83 bits per heavy atom. The Kier molecular flexibility index (Phi) is 4.81. The Hall–Kier alpha value is -3.21. The summed E-state index contributed by atoms with van der Waals surface area (Å²) in [5.74, 6) is 1.06. The van der Waals surface area contributed by atoms with E-state index in [-0.39, 0.29) is 5.91 Å². The molecule has 3 rings (SSSR count). The van der Waals surface area contributed by atoms with Crippen molar-refractivity contribution in [2.24, 2.45) is 0 Å². The molecule has 0 aliphatic rings. The minimum Gasteiger partial charge on any atom is -0.487 e. The molecule has 0 bridgehead atoms. The van der Waals surface area contributed by atoms with Gasteiger partial charge in [0.1, 0.15) is 18.2 Å². The fraction of sp³-hybridized carbons (Fsp3) is 0.105. The van der Waals surface area contributed by atoms with E-state index in [0.29, 0.717) is 18.0 Å². The number of aryl methyl sites for hydroxylation is 1. The number of nitrogens with zero attached hydrogens (tertiary/aromatic N) is 2. The summed E-state index contributed by atoms with van der Waals surface area (Å²) >= 11 is 0. The van der Waals surface area contributed by atoms with Gasteiger partial charge in [0, 0.05) is 12.4 Å². The van der Waals surface area contributed by atoms with E-state index in [9.17, 15) is 4.79 Å². The lowest BCUT2D eigenvalue weighted by Gasteiger charge is -2.07. The molecule has 2 heterocycles. The van der Waals surface area contributed by atoms with E-state index in [1.807, 2.05) is 43.3 Å². The number of hydrogen-bond donors (Lipinski definition) is 1. The molecule has 5 heteroatoms. The Morgan fingerprint density at radius 1 is 1.00 bits per heavy atom. The molecule has 1 aromatic carbocycles. The fourth-order valence-electron chi connectivity index (χ4n) is 2.05. The van der Waals surface area contributed by atoms with Crippen LogP contribution in [-0.4, -0.2) is 15.9 Å². The summed E-state index contributed by atoms with van der Waals surface area (Å²) in [6.45, 7) is 2.30. The fourth-order valence-corrected chi connectivity index (χ4v) is 2.05. The number of carbonyl (C=O) groups excluding carboxylic acids is 1. The van der Waals surface area contributed by atoms with Crippen LogP contribution in [0.3, 0.4) is 0 Å². The Bertz CT molecular complexity index is 800. The molecule has 0 saturated heterocycles. The maximum atomic E-state index is 12.2. The van der Waals surface area contributed by atoms with Crippen molar-refractivity contribution in [2.45, 2.75) is 13.5 Å². The van der Waals surface area contributed by atoms with Crippen LogP contribution in [0.5, 0.6) is 5.75 Å². The van der Waals surface area contributed by atoms with Crippen LogP contribution in [0.4, 0.5) is 5.82 Å². The summed E-state index contributed by atoms with van der Waals surface area (Å²) in [5, 5.41) is 2.74. The van der Waals surface area contributed by atoms with E-state index in [1.54, 1.807) is 24.4 Å². The van der Waals surface area contributed by atoms with Gasteiger partial charge in [0.25, 0.3) is 5.91 Å². The predicted octanol–water partition coefficient (Wildman–Crippen LogP) is 3.62. The Labute approximate surface area is 140 Å². The molecule has 3 aromatic rings. The molecule has 1 amide bonds. The molecule has 5 nitrogen and oxygen atoms in total. The second-order valence-electron chi connectivity index (χ2n) is 5.31. The van der Waals surface area contributed by atoms with Crippen LogP contribution < -0.4 is 10.1 Å². The standard InChI is InChI=1S/C19H17N3O2/c1-14-7-10-18(21-11-14)22-19(23)15-8-9-16(20-12-15)13-24-17-5-3-2-4-6-17/h2-12H,13H2,1H3,(H,21,22,23). The second-order valence-corrected chi connectivity index (χ2v) is 5.31. The van der Waals surface area contributed by atoms with Gasteiger partial charge in [0.05, 0.1) is 11.3 Å². The topological polar surface area (TPSA) is 64.1 Å². The maximum Gasteiger partial charge on any atom is 0.258 e. The first-order valence-electron chi connectivity index (χ1n) is 7.57. The van der Waals surface area contributed by atoms with Crippen LogP contribution in [0.15, 0.2) is 67.0 Å². The molecular formula is C19H17N3O2. The Balaban J connectivity index is 1.59. The molecule has 1 N–H and O–H groups in total. The number of anilines is 1. The summed E-state index contributed by atoms with van der Waals surface area (Å²) in [6, 6.07) is 16.7. The highest BCUT2D eigenvalue weighted by atomic mass is 16.5. The zero-order chi connectivity index (χ0) is 16.8. The third-order valence-electron chi connectivity index (χ3n) is 3.37. The number of rotatable bonds is 5. The lowest BCUT2D eigenvalue weighted by Crippen LogP contribution is -2.13. The van der Waals surface area contributed by atoms with Crippen molar-refractivity contribution in [1.29, 1.82) is 0 Å². The van der Waals surface area contributed by atoms with Gasteiger partial charge in [-0.2, -0.15) is 0 Å². The van der Waals surface area contributed by atoms with Gasteiger partial charge in [0.2, 0.25) is 0 Å². The highest BCUT2D eigenvalue weighted by Gasteiger charge is 2.07. The van der Waals surface area contributed by atoms with Crippen molar-refractivity contribution in [3.63, 3.8) is 0 Å². The number of amides is 1. The molecule has 0 fully saturated rings. The number of ether oxygens (including phenoxy) is 1. The molecule has 0 radical (unpaired) electrons. The maximum absolute atomic E-state index is 12.2. The van der Waals surface area contributed by atoms with Crippen LogP contribution in [-0.2, 0) is 6.61 Å². The van der Waals surface area contributed by atoms with Gasteiger partial charge < -0.3 is 10.1 Å². The molecule has 0 aliphatic carbocycles. The van der Waals surface area contributed by atoms with E-state index in [0.717, 1.165) is 17.0 Å². The molecule has 0 atom stereocenters. The Morgan fingerprint density at radius 3 is 2.50 bits per heavy atom. The number of nitrogens with one attached hydrogen (secondary N) is 1. The van der Waals surface area contributed by atoms with Crippen LogP contribution in [0, 0.1) is 6.92 Å². The highest BCUT2D eigenvalue weighted by molar-refractivity contribution is 6.03. The van der Waals surface area contributed by atoms with Gasteiger partial charge >= 0.3 is 0 Å². The van der Waals surface area contributed by atoms with Crippen molar-refractivity contribution in [3.8, 4) is 5.75 Å². The molecular weight excluding hydrogens is 302 g/mol. The smallest absolute Gasteiger partial charge is 0.258 e. The van der Waals surface area contributed by atoms with E-state index in [1.165, 1.54) is 6.20 Å². The zero-order valence-corrected chi connectivity index (χ0v) is 13.3. The number of pyridine rings is 2. The first-order valence-corrected chi connectivity index (χ1v) is 7.57. The number of carbonyl (C=O) groups is 1. The van der Waals surface area contributed by atoms with Gasteiger partial charge in [-0.1, -0.05) is 24.3 Å². The summed E-state index contributed by atoms with van der Waals surface area (Å²) in [7, 11) is 0. The quantitative estimate of drug-likeness (QED) is 0.780. The third-order valence-corrected chi connectivity index (χ3v) is 3.37. The molecule has 24 heavy (non-hydrogen) atoms. The third kappa shape index (κ3) is 4.16. The largest absolute Gasteiger partial charge is 0.487 e. The average Bonchev–Trinajstić information content (AvgIpc) is 2.63. The van der Waals surface area contributed by atoms with Crippen molar-refractivity contribution in [3.05, 3.63) is 83.8 Å². The van der Waals surface area contributed by atoms with Crippen LogP contribution >= 0.6 is 0 Å². The predicted molar refractivity (Wildman–Crippen MR) is 91.9 cm³/mol. The van der Waals surface area contributed by atoms with Crippen molar-refractivity contribution in [1.82, 2.24) is 9.97 Å². The van der Waals surface area contributed by atoms with E-state index in [4.69, 9.17) is 4.74 Å². The average molecular weight is 319 g/mol.